The largest absolute Gasteiger partial charge is 0.478 e. The standard InChI is InChI=1S/C26H30ClFN4O3/c1-26(2,35-20-8-9-21(27)22(28)13-20)25(34)31-17-11-18-6-7-19(12-17)32(18)23-10-3-15(14-29-23)24(33)30-16-4-5-16/h3,8-10,13-14,16-19H,4-7,11-12H2,1-2H3,(H,30,33)(H,31,34)/t17?,18-,19+. The molecule has 3 atom stereocenters. The zero-order valence-corrected chi connectivity index (χ0v) is 20.6. The first-order chi connectivity index (χ1) is 16.7. The van der Waals surface area contributed by atoms with Crippen LogP contribution in [0.4, 0.5) is 10.2 Å². The maximum Gasteiger partial charge on any atom is 0.263 e. The van der Waals surface area contributed by atoms with Gasteiger partial charge in [0.25, 0.3) is 11.8 Å². The number of piperidine rings is 1. The highest BCUT2D eigenvalue weighted by Gasteiger charge is 2.43. The Morgan fingerprint density at radius 1 is 1.06 bits per heavy atom. The van der Waals surface area contributed by atoms with Gasteiger partial charge in [-0.3, -0.25) is 9.59 Å². The van der Waals surface area contributed by atoms with Crippen molar-refractivity contribution in [2.24, 2.45) is 0 Å². The van der Waals surface area contributed by atoms with Crippen molar-refractivity contribution in [2.45, 2.75) is 82.1 Å². The highest BCUT2D eigenvalue weighted by molar-refractivity contribution is 6.30. The van der Waals surface area contributed by atoms with Crippen LogP contribution in [0.1, 0.15) is 62.7 Å². The number of ether oxygens (including phenoxy) is 1. The van der Waals surface area contributed by atoms with E-state index in [4.69, 9.17) is 16.3 Å². The van der Waals surface area contributed by atoms with Crippen LogP contribution in [0.5, 0.6) is 5.75 Å². The molecule has 2 aromatic rings. The second-order valence-corrected chi connectivity index (χ2v) is 10.7. The Morgan fingerprint density at radius 3 is 2.37 bits per heavy atom. The molecule has 9 heteroatoms. The molecule has 1 aliphatic carbocycles. The number of carbonyl (C=O) groups excluding carboxylic acids is 2. The number of benzene rings is 1. The molecule has 1 saturated carbocycles. The van der Waals surface area contributed by atoms with Crippen molar-refractivity contribution in [3.05, 3.63) is 52.9 Å². The molecule has 35 heavy (non-hydrogen) atoms. The summed E-state index contributed by atoms with van der Waals surface area (Å²) in [4.78, 5) is 32.2. The molecule has 7 nitrogen and oxygen atoms in total. The number of fused-ring (bicyclic) bond motifs is 2. The topological polar surface area (TPSA) is 83.6 Å². The van der Waals surface area contributed by atoms with E-state index in [1.165, 1.54) is 12.1 Å². The van der Waals surface area contributed by atoms with Crippen LogP contribution in [0.3, 0.4) is 0 Å². The van der Waals surface area contributed by atoms with Gasteiger partial charge >= 0.3 is 0 Å². The van der Waals surface area contributed by atoms with Crippen molar-refractivity contribution in [1.29, 1.82) is 0 Å². The van der Waals surface area contributed by atoms with Gasteiger partial charge in [-0.05, 0) is 76.6 Å². The Balaban J connectivity index is 1.19. The van der Waals surface area contributed by atoms with Crippen molar-refractivity contribution in [3.63, 3.8) is 0 Å². The Morgan fingerprint density at radius 2 is 1.77 bits per heavy atom. The molecule has 2 saturated heterocycles. The summed E-state index contributed by atoms with van der Waals surface area (Å²) in [6.07, 6.45) is 7.43. The number of nitrogens with one attached hydrogen (secondary N) is 2. The number of rotatable bonds is 7. The van der Waals surface area contributed by atoms with Gasteiger partial charge < -0.3 is 20.3 Å². The molecule has 2 bridgehead atoms. The van der Waals surface area contributed by atoms with Crippen LogP contribution in [-0.2, 0) is 4.79 Å². The first-order valence-electron chi connectivity index (χ1n) is 12.2. The molecule has 1 aromatic heterocycles. The van der Waals surface area contributed by atoms with Gasteiger partial charge in [0.2, 0.25) is 0 Å². The molecule has 5 rings (SSSR count). The van der Waals surface area contributed by atoms with Crippen molar-refractivity contribution >= 4 is 29.2 Å². The van der Waals surface area contributed by atoms with Gasteiger partial charge in [0, 0.05) is 36.4 Å². The van der Waals surface area contributed by atoms with Gasteiger partial charge in [-0.2, -0.15) is 0 Å². The van der Waals surface area contributed by atoms with E-state index in [1.54, 1.807) is 26.1 Å². The smallest absolute Gasteiger partial charge is 0.263 e. The minimum Gasteiger partial charge on any atom is -0.478 e. The lowest BCUT2D eigenvalue weighted by molar-refractivity contribution is -0.135. The number of pyridine rings is 1. The molecule has 2 aliphatic heterocycles. The number of hydrogen-bond acceptors (Lipinski definition) is 5. The molecule has 1 aromatic carbocycles. The van der Waals surface area contributed by atoms with Crippen LogP contribution in [0.25, 0.3) is 0 Å². The quantitative estimate of drug-likeness (QED) is 0.594. The predicted octanol–water partition coefficient (Wildman–Crippen LogP) is 4.24. The monoisotopic (exact) mass is 500 g/mol. The summed E-state index contributed by atoms with van der Waals surface area (Å²) >= 11 is 5.74. The van der Waals surface area contributed by atoms with E-state index < -0.39 is 11.4 Å². The summed E-state index contributed by atoms with van der Waals surface area (Å²) < 4.78 is 19.6. The van der Waals surface area contributed by atoms with Gasteiger partial charge in [0.1, 0.15) is 17.4 Å². The normalized spacial score (nSPS) is 23.7. The fourth-order valence-corrected chi connectivity index (χ4v) is 5.20. The molecule has 2 amide bonds. The lowest BCUT2D eigenvalue weighted by Gasteiger charge is -2.40. The average molecular weight is 501 g/mol. The van der Waals surface area contributed by atoms with Crippen molar-refractivity contribution in [1.82, 2.24) is 15.6 Å². The lowest BCUT2D eigenvalue weighted by Crippen LogP contribution is -2.55. The van der Waals surface area contributed by atoms with E-state index in [-0.39, 0.29) is 40.7 Å². The lowest BCUT2D eigenvalue weighted by atomic mass is 9.96. The number of hydrogen-bond donors (Lipinski definition) is 2. The van der Waals surface area contributed by atoms with Crippen LogP contribution < -0.4 is 20.3 Å². The first-order valence-corrected chi connectivity index (χ1v) is 12.6. The van der Waals surface area contributed by atoms with Crippen molar-refractivity contribution in [2.75, 3.05) is 4.90 Å². The van der Waals surface area contributed by atoms with Gasteiger partial charge in [0.15, 0.2) is 5.60 Å². The fourth-order valence-electron chi connectivity index (χ4n) is 5.08. The number of halogens is 2. The molecule has 186 valence electrons. The summed E-state index contributed by atoms with van der Waals surface area (Å²) in [5, 5.41) is 6.14. The number of amides is 2. The second kappa shape index (κ2) is 9.30. The summed E-state index contributed by atoms with van der Waals surface area (Å²) in [6, 6.07) is 8.78. The van der Waals surface area contributed by atoms with E-state index in [1.807, 2.05) is 12.1 Å². The molecule has 3 heterocycles. The summed E-state index contributed by atoms with van der Waals surface area (Å²) in [7, 11) is 0. The Bertz CT molecular complexity index is 1110. The fraction of sp³-hybridized carbons (Fsp3) is 0.500. The minimum absolute atomic E-state index is 0.00694. The predicted molar refractivity (Wildman–Crippen MR) is 131 cm³/mol. The molecule has 0 spiro atoms. The van der Waals surface area contributed by atoms with Crippen LogP contribution in [0.2, 0.25) is 5.02 Å². The van der Waals surface area contributed by atoms with E-state index in [9.17, 15) is 14.0 Å². The van der Waals surface area contributed by atoms with E-state index in [0.29, 0.717) is 11.6 Å². The molecule has 3 aliphatic rings. The number of anilines is 1. The Hall–Kier alpha value is -2.87. The van der Waals surface area contributed by atoms with Crippen LogP contribution in [0, 0.1) is 5.82 Å². The summed E-state index contributed by atoms with van der Waals surface area (Å²) in [5.41, 5.74) is -0.590. The van der Waals surface area contributed by atoms with Crippen molar-refractivity contribution < 1.29 is 18.7 Å². The molecular weight excluding hydrogens is 471 g/mol. The third-order valence-electron chi connectivity index (χ3n) is 7.07. The SMILES string of the molecule is CC(C)(Oc1ccc(Cl)c(F)c1)C(=O)NC1C[C@H]2CC[C@@H](C1)N2c1ccc(C(=O)NC2CC2)cn1. The molecule has 0 radical (unpaired) electrons. The Kier molecular flexibility index (Phi) is 6.34. The molecule has 2 N–H and O–H groups in total. The third kappa shape index (κ3) is 5.22. The van der Waals surface area contributed by atoms with Gasteiger partial charge in [-0.15, -0.1) is 0 Å². The number of nitrogens with zero attached hydrogens (tertiary/aromatic N) is 2. The van der Waals surface area contributed by atoms with Gasteiger partial charge in [-0.1, -0.05) is 11.6 Å². The second-order valence-electron chi connectivity index (χ2n) is 10.3. The van der Waals surface area contributed by atoms with Crippen LogP contribution in [0.15, 0.2) is 36.5 Å². The van der Waals surface area contributed by atoms with Gasteiger partial charge in [-0.25, -0.2) is 9.37 Å². The highest BCUT2D eigenvalue weighted by atomic mass is 35.5. The maximum atomic E-state index is 13.8. The number of aromatic nitrogens is 1. The zero-order chi connectivity index (χ0) is 24.7. The maximum absolute atomic E-state index is 13.8. The minimum atomic E-state index is -1.17. The summed E-state index contributed by atoms with van der Waals surface area (Å²) in [5.74, 6) is 0.229. The van der Waals surface area contributed by atoms with Crippen LogP contribution >= 0.6 is 11.6 Å². The zero-order valence-electron chi connectivity index (χ0n) is 19.9. The van der Waals surface area contributed by atoms with Crippen LogP contribution in [-0.4, -0.2) is 46.6 Å². The van der Waals surface area contributed by atoms with E-state index in [2.05, 4.69) is 20.5 Å². The molecule has 3 fully saturated rings. The van der Waals surface area contributed by atoms with E-state index in [0.717, 1.165) is 44.3 Å². The number of carbonyl (C=O) groups is 2. The summed E-state index contributed by atoms with van der Waals surface area (Å²) in [6.45, 7) is 3.34. The molecule has 1 unspecified atom stereocenters. The van der Waals surface area contributed by atoms with Crippen molar-refractivity contribution in [3.8, 4) is 5.75 Å². The average Bonchev–Trinajstić information content (AvgIpc) is 3.59. The first kappa shape index (κ1) is 23.9. The highest BCUT2D eigenvalue weighted by Crippen LogP contribution is 2.39. The van der Waals surface area contributed by atoms with Gasteiger partial charge in [0.05, 0.1) is 10.6 Å². The van der Waals surface area contributed by atoms with E-state index >= 15 is 0 Å². The third-order valence-corrected chi connectivity index (χ3v) is 7.37. The Labute approximate surface area is 209 Å². The molecular formula is C26H30ClFN4O3.